The third-order valence-corrected chi connectivity index (χ3v) is 3.81. The fraction of sp³-hybridized carbons (Fsp3) is 0.923. The van der Waals surface area contributed by atoms with Crippen LogP contribution in [0.3, 0.4) is 0 Å². The Bertz CT molecular complexity index is 218. The fourth-order valence-corrected chi connectivity index (χ4v) is 2.72. The summed E-state index contributed by atoms with van der Waals surface area (Å²) < 4.78 is 5.36. The molecule has 2 aliphatic rings. The molecule has 16 heavy (non-hydrogen) atoms. The zero-order valence-electron chi connectivity index (χ0n) is 10.0. The molecule has 0 spiro atoms. The van der Waals surface area contributed by atoms with Crippen molar-refractivity contribution in [3.8, 4) is 0 Å². The lowest BCUT2D eigenvalue weighted by Crippen LogP contribution is -2.31. The van der Waals surface area contributed by atoms with Crippen LogP contribution in [-0.4, -0.2) is 32.1 Å². The topological polar surface area (TPSA) is 38.3 Å². The van der Waals surface area contributed by atoms with Crippen molar-refractivity contribution in [2.45, 2.75) is 38.5 Å². The van der Waals surface area contributed by atoms with E-state index in [9.17, 15) is 4.79 Å². The quantitative estimate of drug-likeness (QED) is 0.792. The lowest BCUT2D eigenvalue weighted by atomic mass is 9.89. The average molecular weight is 225 g/mol. The first-order valence-corrected chi connectivity index (χ1v) is 6.67. The molecule has 2 heterocycles. The summed E-state index contributed by atoms with van der Waals surface area (Å²) in [5, 5.41) is 3.40. The van der Waals surface area contributed by atoms with Crippen LogP contribution in [0.15, 0.2) is 0 Å². The number of nitrogens with one attached hydrogen (secondary N) is 1. The van der Waals surface area contributed by atoms with Gasteiger partial charge in [0.15, 0.2) is 0 Å². The Labute approximate surface area is 97.9 Å². The first-order chi connectivity index (χ1) is 7.86. The third-order valence-electron chi connectivity index (χ3n) is 3.81. The molecule has 2 fully saturated rings. The maximum absolute atomic E-state index is 11.9. The van der Waals surface area contributed by atoms with E-state index in [4.69, 9.17) is 4.74 Å². The highest BCUT2D eigenvalue weighted by atomic mass is 16.5. The van der Waals surface area contributed by atoms with Gasteiger partial charge >= 0.3 is 0 Å². The number of hydrogen-bond donors (Lipinski definition) is 1. The minimum atomic E-state index is 0.199. The van der Waals surface area contributed by atoms with E-state index in [0.717, 1.165) is 51.3 Å². The largest absolute Gasteiger partial charge is 0.381 e. The smallest absolute Gasteiger partial charge is 0.138 e. The van der Waals surface area contributed by atoms with Crippen LogP contribution in [0.25, 0.3) is 0 Å². The van der Waals surface area contributed by atoms with Gasteiger partial charge in [-0.05, 0) is 51.1 Å². The average Bonchev–Trinajstić information content (AvgIpc) is 2.38. The molecule has 2 aliphatic heterocycles. The summed E-state index contributed by atoms with van der Waals surface area (Å²) >= 11 is 0. The van der Waals surface area contributed by atoms with Crippen molar-refractivity contribution in [2.75, 3.05) is 26.3 Å². The Morgan fingerprint density at radius 1 is 1.31 bits per heavy atom. The molecule has 0 aromatic heterocycles. The molecule has 1 N–H and O–H groups in total. The highest BCUT2D eigenvalue weighted by Gasteiger charge is 2.22. The van der Waals surface area contributed by atoms with Gasteiger partial charge in [-0.2, -0.15) is 0 Å². The van der Waals surface area contributed by atoms with E-state index < -0.39 is 0 Å². The molecule has 2 unspecified atom stereocenters. The second-order valence-corrected chi connectivity index (χ2v) is 5.13. The fourth-order valence-electron chi connectivity index (χ4n) is 2.72. The molecule has 2 saturated heterocycles. The molecule has 0 aliphatic carbocycles. The second-order valence-electron chi connectivity index (χ2n) is 5.13. The number of Topliss-reactive ketones (excluding diaryl/α,β-unsaturated/α-hetero) is 1. The second kappa shape index (κ2) is 6.36. The molecule has 0 aromatic rings. The summed E-state index contributed by atoms with van der Waals surface area (Å²) in [5.41, 5.74) is 0. The number of ketones is 1. The van der Waals surface area contributed by atoms with Crippen molar-refractivity contribution in [1.29, 1.82) is 0 Å². The van der Waals surface area contributed by atoms with E-state index >= 15 is 0 Å². The first kappa shape index (κ1) is 12.1. The lowest BCUT2D eigenvalue weighted by Gasteiger charge is -2.24. The van der Waals surface area contributed by atoms with E-state index in [1.807, 2.05) is 0 Å². The monoisotopic (exact) mass is 225 g/mol. The summed E-state index contributed by atoms with van der Waals surface area (Å²) in [5.74, 6) is 1.36. The third kappa shape index (κ3) is 3.56. The van der Waals surface area contributed by atoms with Crippen LogP contribution < -0.4 is 5.32 Å². The van der Waals surface area contributed by atoms with E-state index in [0.29, 0.717) is 12.4 Å². The Morgan fingerprint density at radius 2 is 2.25 bits per heavy atom. The summed E-state index contributed by atoms with van der Waals surface area (Å²) in [6, 6.07) is 0. The van der Waals surface area contributed by atoms with Gasteiger partial charge < -0.3 is 10.1 Å². The van der Waals surface area contributed by atoms with Gasteiger partial charge in [-0.3, -0.25) is 4.79 Å². The van der Waals surface area contributed by atoms with Crippen molar-refractivity contribution in [2.24, 2.45) is 11.8 Å². The Morgan fingerprint density at radius 3 is 2.94 bits per heavy atom. The molecule has 0 saturated carbocycles. The maximum atomic E-state index is 11.9. The van der Waals surface area contributed by atoms with Crippen molar-refractivity contribution in [3.63, 3.8) is 0 Å². The summed E-state index contributed by atoms with van der Waals surface area (Å²) in [7, 11) is 0. The molecular formula is C13H23NO2. The number of carbonyl (C=O) groups is 1. The van der Waals surface area contributed by atoms with Gasteiger partial charge in [0.25, 0.3) is 0 Å². The van der Waals surface area contributed by atoms with Gasteiger partial charge in [0.05, 0.1) is 6.61 Å². The highest BCUT2D eigenvalue weighted by Crippen LogP contribution is 2.21. The van der Waals surface area contributed by atoms with E-state index in [1.165, 1.54) is 12.8 Å². The van der Waals surface area contributed by atoms with Crippen molar-refractivity contribution >= 4 is 5.78 Å². The normalized spacial score (nSPS) is 31.2. The van der Waals surface area contributed by atoms with Crippen molar-refractivity contribution in [1.82, 2.24) is 5.32 Å². The SMILES string of the molecule is O=C(CCC1CCCNC1)C1CCCOC1. The molecule has 0 radical (unpaired) electrons. The standard InChI is InChI=1S/C13H23NO2/c15-13(12-4-2-8-16-10-12)6-5-11-3-1-7-14-9-11/h11-12,14H,1-10H2. The van der Waals surface area contributed by atoms with Gasteiger partial charge in [-0.25, -0.2) is 0 Å². The van der Waals surface area contributed by atoms with Gasteiger partial charge in [-0.15, -0.1) is 0 Å². The van der Waals surface area contributed by atoms with Crippen molar-refractivity contribution < 1.29 is 9.53 Å². The van der Waals surface area contributed by atoms with Gasteiger partial charge in [0.2, 0.25) is 0 Å². The number of carbonyl (C=O) groups excluding carboxylic acids is 1. The van der Waals surface area contributed by atoms with E-state index in [-0.39, 0.29) is 5.92 Å². The van der Waals surface area contributed by atoms with Crippen molar-refractivity contribution in [3.05, 3.63) is 0 Å². The zero-order chi connectivity index (χ0) is 11.2. The Balaban J connectivity index is 1.65. The Hall–Kier alpha value is -0.410. The summed E-state index contributed by atoms with van der Waals surface area (Å²) in [4.78, 5) is 11.9. The highest BCUT2D eigenvalue weighted by molar-refractivity contribution is 5.81. The first-order valence-electron chi connectivity index (χ1n) is 6.67. The van der Waals surface area contributed by atoms with E-state index in [1.54, 1.807) is 0 Å². The van der Waals surface area contributed by atoms with E-state index in [2.05, 4.69) is 5.32 Å². The molecule has 2 atom stereocenters. The molecule has 92 valence electrons. The van der Waals surface area contributed by atoms with Gasteiger partial charge in [0.1, 0.15) is 5.78 Å². The van der Waals surface area contributed by atoms with Gasteiger partial charge in [0, 0.05) is 18.9 Å². The number of piperidine rings is 1. The number of rotatable bonds is 4. The molecule has 0 bridgehead atoms. The maximum Gasteiger partial charge on any atom is 0.138 e. The molecule has 3 nitrogen and oxygen atoms in total. The molecule has 0 amide bonds. The van der Waals surface area contributed by atoms with Crippen LogP contribution in [0, 0.1) is 11.8 Å². The molecular weight excluding hydrogens is 202 g/mol. The minimum absolute atomic E-state index is 0.199. The van der Waals surface area contributed by atoms with Crippen LogP contribution in [0.5, 0.6) is 0 Å². The van der Waals surface area contributed by atoms with Crippen LogP contribution in [0.1, 0.15) is 38.5 Å². The predicted octanol–water partition coefficient (Wildman–Crippen LogP) is 1.76. The van der Waals surface area contributed by atoms with Crippen LogP contribution >= 0.6 is 0 Å². The predicted molar refractivity (Wildman–Crippen MR) is 63.4 cm³/mol. The number of hydrogen-bond acceptors (Lipinski definition) is 3. The van der Waals surface area contributed by atoms with Crippen LogP contribution in [-0.2, 0) is 9.53 Å². The number of ether oxygens (including phenoxy) is 1. The summed E-state index contributed by atoms with van der Waals surface area (Å²) in [6.45, 7) is 3.77. The Kier molecular flexibility index (Phi) is 4.79. The molecule has 2 rings (SSSR count). The molecule has 3 heteroatoms. The molecule has 0 aromatic carbocycles. The summed E-state index contributed by atoms with van der Waals surface area (Å²) in [6.07, 6.45) is 6.50. The minimum Gasteiger partial charge on any atom is -0.381 e. The van der Waals surface area contributed by atoms with Crippen LogP contribution in [0.4, 0.5) is 0 Å². The lowest BCUT2D eigenvalue weighted by molar-refractivity contribution is -0.127. The van der Waals surface area contributed by atoms with Gasteiger partial charge in [-0.1, -0.05) is 0 Å². The van der Waals surface area contributed by atoms with Crippen LogP contribution in [0.2, 0.25) is 0 Å². The zero-order valence-corrected chi connectivity index (χ0v) is 10.0.